The number of unbranched alkanes of at least 4 members (excludes halogenated alkanes) is 19. The van der Waals surface area contributed by atoms with Crippen LogP contribution in [0.15, 0.2) is 36.5 Å². The molecule has 10 heteroatoms. The number of hydrogen-bond donors (Lipinski definition) is 3. The maximum absolute atomic E-state index is 12.6. The number of ether oxygens (including phenoxy) is 2. The topological polar surface area (TPSA) is 132 Å². The zero-order valence-electron chi connectivity index (χ0n) is 32.6. The summed E-state index contributed by atoms with van der Waals surface area (Å²) in [5.74, 6) is -0.395. The highest BCUT2D eigenvalue weighted by molar-refractivity contribution is 7.47. The van der Waals surface area contributed by atoms with Gasteiger partial charge in [0.25, 0.3) is 0 Å². The second-order valence-corrected chi connectivity index (χ2v) is 15.1. The van der Waals surface area contributed by atoms with E-state index in [1.54, 1.807) is 0 Å². The first kappa shape index (κ1) is 49.7. The Hall–Kier alpha value is -1.32. The highest BCUT2D eigenvalue weighted by Crippen LogP contribution is 2.43. The van der Waals surface area contributed by atoms with Crippen molar-refractivity contribution < 1.29 is 43.0 Å². The number of hydrogen-bond acceptors (Lipinski definition) is 8. The molecule has 0 saturated carbocycles. The Labute approximate surface area is 312 Å². The van der Waals surface area contributed by atoms with E-state index in [0.29, 0.717) is 13.0 Å². The number of allylic oxidation sites excluding steroid dienone is 6. The summed E-state index contributed by atoms with van der Waals surface area (Å²) in [6.45, 7) is 3.47. The Morgan fingerprint density at radius 3 is 1.63 bits per heavy atom. The van der Waals surface area contributed by atoms with E-state index in [4.69, 9.17) is 23.6 Å². The van der Waals surface area contributed by atoms with Gasteiger partial charge in [-0.25, -0.2) is 4.57 Å². The molecule has 0 bridgehead atoms. The quantitative estimate of drug-likeness (QED) is 0.0243. The standard InChI is InChI=1S/C41H77O9P/c1-3-5-7-9-11-13-15-16-17-18-19-20-21-22-23-25-27-29-31-33-41(44)50-40(38-49-51(45,46)48-36-39(43)35-42)37-47-34-32-30-28-26-24-14-12-10-8-6-4-2/h11,13,16-17,19-20,39-40,42-43H,3-10,12,14-15,18,21-38H2,1-2H3,(H,45,46)/b13-11-,17-16-,20-19-. The fraction of sp³-hybridized carbons (Fsp3) is 0.829. The maximum atomic E-state index is 12.6. The van der Waals surface area contributed by atoms with Crippen LogP contribution < -0.4 is 0 Å². The van der Waals surface area contributed by atoms with Gasteiger partial charge in [0, 0.05) is 13.0 Å². The van der Waals surface area contributed by atoms with E-state index < -0.39 is 39.2 Å². The van der Waals surface area contributed by atoms with Crippen molar-refractivity contribution in [2.24, 2.45) is 0 Å². The van der Waals surface area contributed by atoms with E-state index >= 15 is 0 Å². The first-order valence-electron chi connectivity index (χ1n) is 20.5. The smallest absolute Gasteiger partial charge is 0.457 e. The Balaban J connectivity index is 4.20. The first-order chi connectivity index (χ1) is 24.8. The van der Waals surface area contributed by atoms with Gasteiger partial charge < -0.3 is 24.6 Å². The SMILES string of the molecule is CCCCC/C=C\C/C=C\C/C=C\CCCCCCCCC(=O)OC(COCCCCCCCCCCCCC)COP(=O)(O)OCC(O)CO. The lowest BCUT2D eigenvalue weighted by atomic mass is 10.1. The molecule has 300 valence electrons. The van der Waals surface area contributed by atoms with Gasteiger partial charge in [0.2, 0.25) is 0 Å². The Bertz CT molecular complexity index is 892. The van der Waals surface area contributed by atoms with Crippen LogP contribution in [-0.2, 0) is 27.9 Å². The van der Waals surface area contributed by atoms with Crippen molar-refractivity contribution >= 4 is 13.8 Å². The molecule has 9 nitrogen and oxygen atoms in total. The van der Waals surface area contributed by atoms with Crippen molar-refractivity contribution in [3.8, 4) is 0 Å². The third-order valence-electron chi connectivity index (χ3n) is 8.58. The van der Waals surface area contributed by atoms with Gasteiger partial charge in [-0.05, 0) is 51.4 Å². The van der Waals surface area contributed by atoms with Crippen LogP contribution in [0.3, 0.4) is 0 Å². The zero-order chi connectivity index (χ0) is 37.5. The summed E-state index contributed by atoms with van der Waals surface area (Å²) in [6, 6.07) is 0. The summed E-state index contributed by atoms with van der Waals surface area (Å²) >= 11 is 0. The van der Waals surface area contributed by atoms with E-state index in [1.807, 2.05) is 0 Å². The van der Waals surface area contributed by atoms with Crippen LogP contribution in [0, 0.1) is 0 Å². The first-order valence-corrected chi connectivity index (χ1v) is 22.0. The lowest BCUT2D eigenvalue weighted by Crippen LogP contribution is -2.29. The molecule has 0 saturated heterocycles. The third-order valence-corrected chi connectivity index (χ3v) is 9.53. The molecule has 0 aliphatic heterocycles. The van der Waals surface area contributed by atoms with E-state index in [2.05, 4.69) is 50.3 Å². The second-order valence-electron chi connectivity index (χ2n) is 13.7. The van der Waals surface area contributed by atoms with Crippen LogP contribution in [0.1, 0.15) is 174 Å². The van der Waals surface area contributed by atoms with Crippen molar-refractivity contribution in [3.63, 3.8) is 0 Å². The van der Waals surface area contributed by atoms with Gasteiger partial charge in [0.1, 0.15) is 12.2 Å². The molecule has 3 atom stereocenters. The van der Waals surface area contributed by atoms with Crippen molar-refractivity contribution in [1.82, 2.24) is 0 Å². The van der Waals surface area contributed by atoms with Crippen LogP contribution in [0.4, 0.5) is 0 Å². The predicted molar refractivity (Wildman–Crippen MR) is 210 cm³/mol. The highest BCUT2D eigenvalue weighted by atomic mass is 31.2. The molecule has 0 spiro atoms. The molecule has 3 N–H and O–H groups in total. The molecule has 51 heavy (non-hydrogen) atoms. The van der Waals surface area contributed by atoms with Gasteiger partial charge in [-0.2, -0.15) is 0 Å². The van der Waals surface area contributed by atoms with Gasteiger partial charge in [-0.1, -0.05) is 153 Å². The van der Waals surface area contributed by atoms with E-state index in [9.17, 15) is 19.4 Å². The molecule has 0 amide bonds. The Kier molecular flexibility index (Phi) is 37.4. The van der Waals surface area contributed by atoms with E-state index in [0.717, 1.165) is 57.8 Å². The molecule has 0 heterocycles. The number of rotatable bonds is 39. The number of aliphatic hydroxyl groups is 2. The van der Waals surface area contributed by atoms with Crippen LogP contribution in [0.2, 0.25) is 0 Å². The van der Waals surface area contributed by atoms with E-state index in [1.165, 1.54) is 89.9 Å². The number of esters is 1. The van der Waals surface area contributed by atoms with E-state index in [-0.39, 0.29) is 19.6 Å². The molecule has 0 aromatic carbocycles. The molecule has 0 fully saturated rings. The number of carbonyl (C=O) groups is 1. The van der Waals surface area contributed by atoms with Crippen molar-refractivity contribution in [2.75, 3.05) is 33.0 Å². The Morgan fingerprint density at radius 2 is 1.06 bits per heavy atom. The summed E-state index contributed by atoms with van der Waals surface area (Å²) in [4.78, 5) is 22.5. The minimum Gasteiger partial charge on any atom is -0.457 e. The van der Waals surface area contributed by atoms with Crippen LogP contribution in [-0.4, -0.2) is 66.3 Å². The molecular weight excluding hydrogens is 667 g/mol. The van der Waals surface area contributed by atoms with Gasteiger partial charge in [0.15, 0.2) is 0 Å². The summed E-state index contributed by atoms with van der Waals surface area (Å²) in [5.41, 5.74) is 0. The number of phosphoric ester groups is 1. The van der Waals surface area contributed by atoms with Gasteiger partial charge in [-0.15, -0.1) is 0 Å². The Morgan fingerprint density at radius 1 is 0.608 bits per heavy atom. The van der Waals surface area contributed by atoms with Gasteiger partial charge in [0.05, 0.1) is 26.4 Å². The fourth-order valence-corrected chi connectivity index (χ4v) is 6.21. The fourth-order valence-electron chi connectivity index (χ4n) is 5.42. The van der Waals surface area contributed by atoms with Crippen LogP contribution in [0.5, 0.6) is 0 Å². The maximum Gasteiger partial charge on any atom is 0.472 e. The van der Waals surface area contributed by atoms with Crippen molar-refractivity contribution in [2.45, 2.75) is 187 Å². The largest absolute Gasteiger partial charge is 0.472 e. The molecule has 0 aromatic rings. The lowest BCUT2D eigenvalue weighted by molar-refractivity contribution is -0.154. The average molecular weight is 745 g/mol. The van der Waals surface area contributed by atoms with Gasteiger partial charge in [-0.3, -0.25) is 13.8 Å². The molecule has 0 radical (unpaired) electrons. The van der Waals surface area contributed by atoms with Crippen LogP contribution in [0.25, 0.3) is 0 Å². The highest BCUT2D eigenvalue weighted by Gasteiger charge is 2.26. The minimum atomic E-state index is -4.51. The second kappa shape index (κ2) is 38.4. The molecule has 3 unspecified atom stereocenters. The van der Waals surface area contributed by atoms with Crippen molar-refractivity contribution in [1.29, 1.82) is 0 Å². The zero-order valence-corrected chi connectivity index (χ0v) is 33.5. The molecule has 0 rings (SSSR count). The molecule has 0 aliphatic rings. The number of carbonyl (C=O) groups excluding carboxylic acids is 1. The summed E-state index contributed by atoms with van der Waals surface area (Å²) < 4.78 is 33.3. The predicted octanol–water partition coefficient (Wildman–Crippen LogP) is 10.9. The average Bonchev–Trinajstić information content (AvgIpc) is 3.12. The molecule has 0 aromatic heterocycles. The van der Waals surface area contributed by atoms with Crippen molar-refractivity contribution in [3.05, 3.63) is 36.5 Å². The molecular formula is C41H77O9P. The summed E-state index contributed by atoms with van der Waals surface area (Å²) in [6.07, 6.45) is 39.5. The van der Waals surface area contributed by atoms with Gasteiger partial charge >= 0.3 is 13.8 Å². The minimum absolute atomic E-state index is 0.0457. The summed E-state index contributed by atoms with van der Waals surface area (Å²) in [7, 11) is -4.51. The normalized spacial score (nSPS) is 14.5. The van der Waals surface area contributed by atoms with Crippen LogP contribution >= 0.6 is 7.82 Å². The number of phosphoric acid groups is 1. The summed E-state index contributed by atoms with van der Waals surface area (Å²) in [5, 5.41) is 18.3. The third kappa shape index (κ3) is 38.2. The molecule has 0 aliphatic carbocycles. The monoisotopic (exact) mass is 745 g/mol. The number of aliphatic hydroxyl groups excluding tert-OH is 2. The lowest BCUT2D eigenvalue weighted by Gasteiger charge is -2.20.